The van der Waals surface area contributed by atoms with Gasteiger partial charge in [0.15, 0.2) is 5.25 Å². The van der Waals surface area contributed by atoms with Crippen LogP contribution in [0.2, 0.25) is 0 Å². The monoisotopic (exact) mass is 246 g/mol. The van der Waals surface area contributed by atoms with Gasteiger partial charge in [0.1, 0.15) is 0 Å². The number of aliphatic hydroxyl groups is 1. The zero-order valence-electron chi connectivity index (χ0n) is 9.44. The Hall–Kier alpha value is -0.640. The van der Waals surface area contributed by atoms with Gasteiger partial charge in [-0.1, -0.05) is 19.3 Å². The van der Waals surface area contributed by atoms with Gasteiger partial charge in [0.05, 0.1) is 11.7 Å². The topological polar surface area (TPSA) is 90.2 Å². The molecule has 0 heterocycles. The third-order valence-corrected chi connectivity index (χ3v) is 4.62. The summed E-state index contributed by atoms with van der Waals surface area (Å²) in [6.07, 6.45) is 4.18. The molecule has 0 radical (unpaired) electrons. The van der Waals surface area contributed by atoms with Gasteiger partial charge in [0.2, 0.25) is 10.0 Å². The second-order valence-electron chi connectivity index (χ2n) is 4.42. The lowest BCUT2D eigenvalue weighted by atomic mass is 9.85. The first kappa shape index (κ1) is 13.4. The van der Waals surface area contributed by atoms with E-state index in [4.69, 9.17) is 5.26 Å². The van der Waals surface area contributed by atoms with Crippen LogP contribution < -0.4 is 4.72 Å². The van der Waals surface area contributed by atoms with Gasteiger partial charge < -0.3 is 5.11 Å². The molecule has 5 nitrogen and oxygen atoms in total. The third-order valence-electron chi connectivity index (χ3n) is 3.03. The summed E-state index contributed by atoms with van der Waals surface area (Å²) in [6.45, 7) is 1.34. The van der Waals surface area contributed by atoms with Gasteiger partial charge in [-0.05, 0) is 19.8 Å². The van der Waals surface area contributed by atoms with E-state index >= 15 is 0 Å². The summed E-state index contributed by atoms with van der Waals surface area (Å²) in [7, 11) is -3.62. The van der Waals surface area contributed by atoms with Gasteiger partial charge >= 0.3 is 0 Å². The molecule has 6 heteroatoms. The van der Waals surface area contributed by atoms with Crippen molar-refractivity contribution in [1.82, 2.24) is 4.72 Å². The van der Waals surface area contributed by atoms with Crippen molar-refractivity contribution in [2.75, 3.05) is 6.54 Å². The molecule has 1 aliphatic rings. The average molecular weight is 246 g/mol. The lowest BCUT2D eigenvalue weighted by Crippen LogP contribution is -2.46. The van der Waals surface area contributed by atoms with Gasteiger partial charge in [-0.2, -0.15) is 5.26 Å². The van der Waals surface area contributed by atoms with E-state index in [2.05, 4.69) is 4.72 Å². The molecule has 1 unspecified atom stereocenters. The Morgan fingerprint density at radius 3 is 2.50 bits per heavy atom. The molecule has 92 valence electrons. The second kappa shape index (κ2) is 5.13. The molecule has 0 spiro atoms. The summed E-state index contributed by atoms with van der Waals surface area (Å²) in [5.41, 5.74) is -0.930. The van der Waals surface area contributed by atoms with Crippen LogP contribution in [-0.2, 0) is 10.0 Å². The van der Waals surface area contributed by atoms with Crippen LogP contribution in [0, 0.1) is 11.3 Å². The SMILES string of the molecule is CC(C#N)S(=O)(=O)NCC1(O)CCCCC1. The Balaban J connectivity index is 2.54. The number of sulfonamides is 1. The smallest absolute Gasteiger partial charge is 0.227 e. The molecular weight excluding hydrogens is 228 g/mol. The molecule has 0 aromatic heterocycles. The minimum atomic E-state index is -3.62. The van der Waals surface area contributed by atoms with E-state index in [1.807, 2.05) is 0 Å². The van der Waals surface area contributed by atoms with Gasteiger partial charge in [-0.3, -0.25) is 0 Å². The van der Waals surface area contributed by atoms with Crippen LogP contribution in [0.1, 0.15) is 39.0 Å². The predicted octanol–water partition coefficient (Wildman–Crippen LogP) is 0.513. The number of rotatable bonds is 4. The quantitative estimate of drug-likeness (QED) is 0.756. The standard InChI is InChI=1S/C10H18N2O3S/c1-9(7-11)16(14,15)12-8-10(13)5-3-2-4-6-10/h9,12-13H,2-6,8H2,1H3. The van der Waals surface area contributed by atoms with Crippen LogP contribution in [0.3, 0.4) is 0 Å². The molecule has 1 atom stereocenters. The Morgan fingerprint density at radius 2 is 2.00 bits per heavy atom. The van der Waals surface area contributed by atoms with E-state index in [0.29, 0.717) is 12.8 Å². The molecular formula is C10H18N2O3S. The second-order valence-corrected chi connectivity index (χ2v) is 6.51. The zero-order chi connectivity index (χ0) is 12.2. The van der Waals surface area contributed by atoms with Crippen LogP contribution in [0.25, 0.3) is 0 Å². The van der Waals surface area contributed by atoms with Gasteiger partial charge in [0.25, 0.3) is 0 Å². The first-order valence-corrected chi connectivity index (χ1v) is 7.05. The fourth-order valence-electron chi connectivity index (χ4n) is 1.82. The number of nitrogens with zero attached hydrogens (tertiary/aromatic N) is 1. The van der Waals surface area contributed by atoms with E-state index < -0.39 is 20.9 Å². The molecule has 0 saturated heterocycles. The predicted molar refractivity (Wildman–Crippen MR) is 60.0 cm³/mol. The summed E-state index contributed by atoms with van der Waals surface area (Å²) in [6, 6.07) is 1.67. The van der Waals surface area contributed by atoms with Crippen molar-refractivity contribution in [1.29, 1.82) is 5.26 Å². The fourth-order valence-corrected chi connectivity index (χ4v) is 2.67. The van der Waals surface area contributed by atoms with Crippen molar-refractivity contribution >= 4 is 10.0 Å². The van der Waals surface area contributed by atoms with Crippen molar-refractivity contribution in [2.45, 2.75) is 49.9 Å². The van der Waals surface area contributed by atoms with E-state index in [1.165, 1.54) is 6.92 Å². The molecule has 1 aliphatic carbocycles. The fraction of sp³-hybridized carbons (Fsp3) is 0.900. The highest BCUT2D eigenvalue weighted by molar-refractivity contribution is 7.90. The van der Waals surface area contributed by atoms with Crippen molar-refractivity contribution in [3.05, 3.63) is 0 Å². The molecule has 0 amide bonds. The average Bonchev–Trinajstić information content (AvgIpc) is 2.27. The van der Waals surface area contributed by atoms with Crippen molar-refractivity contribution < 1.29 is 13.5 Å². The Morgan fingerprint density at radius 1 is 1.44 bits per heavy atom. The number of hydrogen-bond acceptors (Lipinski definition) is 4. The highest BCUT2D eigenvalue weighted by Gasteiger charge is 2.31. The summed E-state index contributed by atoms with van der Waals surface area (Å²) in [5, 5.41) is 17.5. The first-order valence-electron chi connectivity index (χ1n) is 5.50. The third kappa shape index (κ3) is 3.44. The van der Waals surface area contributed by atoms with E-state index in [9.17, 15) is 13.5 Å². The maximum atomic E-state index is 11.5. The highest BCUT2D eigenvalue weighted by atomic mass is 32.2. The Labute approximate surface area is 96.5 Å². The van der Waals surface area contributed by atoms with E-state index in [0.717, 1.165) is 19.3 Å². The molecule has 0 aromatic carbocycles. The van der Waals surface area contributed by atoms with E-state index in [1.54, 1.807) is 6.07 Å². The maximum Gasteiger partial charge on any atom is 0.227 e. The number of nitriles is 1. The lowest BCUT2D eigenvalue weighted by molar-refractivity contribution is 0.00944. The normalized spacial score (nSPS) is 22.3. The van der Waals surface area contributed by atoms with E-state index in [-0.39, 0.29) is 6.54 Å². The van der Waals surface area contributed by atoms with Crippen molar-refractivity contribution in [3.63, 3.8) is 0 Å². The van der Waals surface area contributed by atoms with Crippen molar-refractivity contribution in [2.24, 2.45) is 0 Å². The molecule has 0 bridgehead atoms. The molecule has 1 rings (SSSR count). The van der Waals surface area contributed by atoms with Gasteiger partial charge in [-0.25, -0.2) is 13.1 Å². The summed E-state index contributed by atoms with van der Waals surface area (Å²) in [4.78, 5) is 0. The zero-order valence-corrected chi connectivity index (χ0v) is 10.3. The maximum absolute atomic E-state index is 11.5. The molecule has 2 N–H and O–H groups in total. The first-order chi connectivity index (χ1) is 7.40. The minimum Gasteiger partial charge on any atom is -0.389 e. The summed E-state index contributed by atoms with van der Waals surface area (Å²) in [5.74, 6) is 0. The molecule has 16 heavy (non-hydrogen) atoms. The van der Waals surface area contributed by atoms with Crippen LogP contribution in [-0.4, -0.2) is 30.9 Å². The lowest BCUT2D eigenvalue weighted by Gasteiger charge is -2.32. The molecule has 1 fully saturated rings. The van der Waals surface area contributed by atoms with Crippen LogP contribution in [0.5, 0.6) is 0 Å². The van der Waals surface area contributed by atoms with Crippen LogP contribution in [0.4, 0.5) is 0 Å². The Bertz CT molecular complexity index is 366. The summed E-state index contributed by atoms with van der Waals surface area (Å²) < 4.78 is 25.3. The molecule has 0 aromatic rings. The van der Waals surface area contributed by atoms with Gasteiger partial charge in [-0.15, -0.1) is 0 Å². The van der Waals surface area contributed by atoms with Crippen molar-refractivity contribution in [3.8, 4) is 6.07 Å². The molecule has 1 saturated carbocycles. The molecule has 0 aliphatic heterocycles. The number of nitrogens with one attached hydrogen (secondary N) is 1. The van der Waals surface area contributed by atoms with Gasteiger partial charge in [0, 0.05) is 6.54 Å². The number of hydrogen-bond donors (Lipinski definition) is 2. The highest BCUT2D eigenvalue weighted by Crippen LogP contribution is 2.27. The Kier molecular flexibility index (Phi) is 4.30. The summed E-state index contributed by atoms with van der Waals surface area (Å²) >= 11 is 0. The minimum absolute atomic E-state index is 0.0152. The van der Waals surface area contributed by atoms with Crippen LogP contribution in [0.15, 0.2) is 0 Å². The van der Waals surface area contributed by atoms with Crippen LogP contribution >= 0.6 is 0 Å². The largest absolute Gasteiger partial charge is 0.389 e.